The van der Waals surface area contributed by atoms with Crippen LogP contribution in [0.1, 0.15) is 29.7 Å². The van der Waals surface area contributed by atoms with Gasteiger partial charge in [0.2, 0.25) is 5.89 Å². The van der Waals surface area contributed by atoms with Gasteiger partial charge in [-0.3, -0.25) is 4.79 Å². The van der Waals surface area contributed by atoms with Crippen molar-refractivity contribution in [2.24, 2.45) is 0 Å². The summed E-state index contributed by atoms with van der Waals surface area (Å²) in [6, 6.07) is 3.75. The van der Waals surface area contributed by atoms with Gasteiger partial charge in [-0.15, -0.1) is 0 Å². The summed E-state index contributed by atoms with van der Waals surface area (Å²) < 4.78 is 23.4. The molecule has 1 aromatic heterocycles. The van der Waals surface area contributed by atoms with E-state index in [0.717, 1.165) is 6.07 Å². The number of nitrogens with one attached hydrogen (secondary N) is 1. The fourth-order valence-corrected chi connectivity index (χ4v) is 1.92. The molecule has 0 aliphatic heterocycles. The minimum absolute atomic E-state index is 0.0493. The molecule has 0 bridgehead atoms. The highest BCUT2D eigenvalue weighted by molar-refractivity contribution is 6.32. The number of carbonyl (C=O) groups is 1. The van der Waals surface area contributed by atoms with Crippen molar-refractivity contribution in [2.45, 2.75) is 26.1 Å². The van der Waals surface area contributed by atoms with Crippen molar-refractivity contribution >= 4 is 17.5 Å². The highest BCUT2D eigenvalue weighted by atomic mass is 35.5. The van der Waals surface area contributed by atoms with E-state index in [1.807, 2.05) is 0 Å². The number of aliphatic hydroxyl groups is 1. The number of ether oxygens (including phenoxy) is 1. The molecule has 1 heterocycles. The van der Waals surface area contributed by atoms with Gasteiger partial charge in [-0.2, -0.15) is 0 Å². The zero-order chi connectivity index (χ0) is 16.8. The fraction of sp³-hybridized carbons (Fsp3) is 0.333. The van der Waals surface area contributed by atoms with Gasteiger partial charge in [0.05, 0.1) is 11.1 Å². The van der Waals surface area contributed by atoms with E-state index in [4.69, 9.17) is 25.9 Å². The van der Waals surface area contributed by atoms with Gasteiger partial charge < -0.3 is 19.6 Å². The van der Waals surface area contributed by atoms with Crippen molar-refractivity contribution in [2.75, 3.05) is 6.54 Å². The molecule has 2 rings (SSSR count). The van der Waals surface area contributed by atoms with Crippen molar-refractivity contribution in [1.82, 2.24) is 10.3 Å². The van der Waals surface area contributed by atoms with Crippen LogP contribution in [0.3, 0.4) is 0 Å². The Morgan fingerprint density at radius 1 is 1.57 bits per heavy atom. The molecule has 8 heteroatoms. The van der Waals surface area contributed by atoms with Crippen LogP contribution < -0.4 is 10.1 Å². The van der Waals surface area contributed by atoms with Gasteiger partial charge in [-0.05, 0) is 31.5 Å². The Morgan fingerprint density at radius 2 is 2.35 bits per heavy atom. The molecule has 23 heavy (non-hydrogen) atoms. The lowest BCUT2D eigenvalue weighted by Crippen LogP contribution is -2.26. The summed E-state index contributed by atoms with van der Waals surface area (Å²) in [5.41, 5.74) is 0.111. The lowest BCUT2D eigenvalue weighted by atomic mass is 10.3. The van der Waals surface area contributed by atoms with Crippen molar-refractivity contribution in [1.29, 1.82) is 0 Å². The Kier molecular flexibility index (Phi) is 5.95. The molecule has 6 nitrogen and oxygen atoms in total. The molecule has 0 unspecified atom stereocenters. The van der Waals surface area contributed by atoms with Crippen LogP contribution >= 0.6 is 11.6 Å². The maximum Gasteiger partial charge on any atom is 0.273 e. The first-order valence-electron chi connectivity index (χ1n) is 6.94. The third kappa shape index (κ3) is 5.22. The zero-order valence-corrected chi connectivity index (χ0v) is 13.1. The molecule has 1 aromatic carbocycles. The quantitative estimate of drug-likeness (QED) is 0.807. The predicted octanol–water partition coefficient (Wildman–Crippen LogP) is 2.55. The maximum absolute atomic E-state index is 12.9. The third-order valence-corrected chi connectivity index (χ3v) is 3.17. The largest absolute Gasteiger partial charge is 0.482 e. The number of amides is 1. The highest BCUT2D eigenvalue weighted by Crippen LogP contribution is 2.25. The lowest BCUT2D eigenvalue weighted by molar-refractivity contribution is 0.0940. The van der Waals surface area contributed by atoms with E-state index in [-0.39, 0.29) is 29.0 Å². The Balaban J connectivity index is 1.88. The Hall–Kier alpha value is -2.12. The topological polar surface area (TPSA) is 84.6 Å². The molecule has 1 amide bonds. The minimum atomic E-state index is -0.489. The summed E-state index contributed by atoms with van der Waals surface area (Å²) in [4.78, 5) is 15.8. The Labute approximate surface area is 137 Å². The highest BCUT2D eigenvalue weighted by Gasteiger charge is 2.13. The molecule has 0 spiro atoms. The predicted molar refractivity (Wildman–Crippen MR) is 80.9 cm³/mol. The van der Waals surface area contributed by atoms with E-state index >= 15 is 0 Å². The molecule has 2 N–H and O–H groups in total. The number of rotatable bonds is 7. The number of oxazole rings is 1. The van der Waals surface area contributed by atoms with Crippen LogP contribution in [-0.4, -0.2) is 28.6 Å². The second-order valence-electron chi connectivity index (χ2n) is 4.88. The van der Waals surface area contributed by atoms with Gasteiger partial charge in [0, 0.05) is 6.54 Å². The normalized spacial score (nSPS) is 12.0. The van der Waals surface area contributed by atoms with E-state index in [1.54, 1.807) is 6.92 Å². The smallest absolute Gasteiger partial charge is 0.273 e. The Bertz CT molecular complexity index is 675. The number of hydrogen-bond donors (Lipinski definition) is 2. The summed E-state index contributed by atoms with van der Waals surface area (Å²) in [6.07, 6.45) is 1.17. The second kappa shape index (κ2) is 7.94. The number of halogens is 2. The van der Waals surface area contributed by atoms with Crippen LogP contribution in [0.5, 0.6) is 5.75 Å². The maximum atomic E-state index is 12.9. The summed E-state index contributed by atoms with van der Waals surface area (Å²) in [7, 11) is 0. The molecule has 0 aliphatic rings. The van der Waals surface area contributed by atoms with E-state index in [9.17, 15) is 9.18 Å². The molecular formula is C15H16ClFN2O4. The number of aliphatic hydroxyl groups excluding tert-OH is 1. The monoisotopic (exact) mass is 342 g/mol. The third-order valence-electron chi connectivity index (χ3n) is 2.88. The molecule has 2 aromatic rings. The van der Waals surface area contributed by atoms with Crippen molar-refractivity contribution in [3.8, 4) is 5.75 Å². The van der Waals surface area contributed by atoms with Crippen molar-refractivity contribution in [3.05, 3.63) is 46.9 Å². The van der Waals surface area contributed by atoms with Gasteiger partial charge >= 0.3 is 0 Å². The summed E-state index contributed by atoms with van der Waals surface area (Å²) in [5, 5.41) is 11.9. The van der Waals surface area contributed by atoms with Gasteiger partial charge in [0.1, 0.15) is 17.8 Å². The summed E-state index contributed by atoms with van der Waals surface area (Å²) in [5.74, 6) is -0.393. The van der Waals surface area contributed by atoms with E-state index in [2.05, 4.69) is 10.3 Å². The molecular weight excluding hydrogens is 327 g/mol. The first kappa shape index (κ1) is 17.2. The number of hydrogen-bond acceptors (Lipinski definition) is 5. The zero-order valence-electron chi connectivity index (χ0n) is 12.4. The number of benzene rings is 1. The lowest BCUT2D eigenvalue weighted by Gasteiger charge is -2.05. The van der Waals surface area contributed by atoms with Crippen LogP contribution in [0.15, 0.2) is 28.9 Å². The van der Waals surface area contributed by atoms with Crippen LogP contribution in [0.25, 0.3) is 0 Å². The van der Waals surface area contributed by atoms with Crippen molar-refractivity contribution < 1.29 is 23.4 Å². The van der Waals surface area contributed by atoms with Crippen LogP contribution in [-0.2, 0) is 6.61 Å². The van der Waals surface area contributed by atoms with E-state index in [1.165, 1.54) is 18.4 Å². The van der Waals surface area contributed by atoms with E-state index in [0.29, 0.717) is 13.0 Å². The molecule has 0 radical (unpaired) electrons. The first-order valence-corrected chi connectivity index (χ1v) is 7.32. The minimum Gasteiger partial charge on any atom is -0.482 e. The van der Waals surface area contributed by atoms with Crippen LogP contribution in [0.4, 0.5) is 4.39 Å². The number of aromatic nitrogens is 1. The summed E-state index contributed by atoms with van der Waals surface area (Å²) >= 11 is 5.83. The Morgan fingerprint density at radius 3 is 3.04 bits per heavy atom. The first-order chi connectivity index (χ1) is 11.0. The molecule has 0 aliphatic carbocycles. The molecule has 1 atom stereocenters. The fourth-order valence-electron chi connectivity index (χ4n) is 1.70. The molecule has 0 saturated carbocycles. The average molecular weight is 343 g/mol. The number of nitrogens with zero attached hydrogens (tertiary/aromatic N) is 1. The SMILES string of the molecule is C[C@H](O)CCNC(=O)c1coc(COc2ccc(F)cc2Cl)n1. The standard InChI is InChI=1S/C15H16ClFN2O4/c1-9(20)4-5-18-15(21)12-7-23-14(19-12)8-22-13-3-2-10(17)6-11(13)16/h2-3,6-7,9,20H,4-5,8H2,1H3,(H,18,21)/t9-/m0/s1. The van der Waals surface area contributed by atoms with Crippen LogP contribution in [0, 0.1) is 5.82 Å². The van der Waals surface area contributed by atoms with Gasteiger partial charge in [-0.1, -0.05) is 11.6 Å². The second-order valence-corrected chi connectivity index (χ2v) is 5.29. The average Bonchev–Trinajstić information content (AvgIpc) is 2.95. The molecule has 0 saturated heterocycles. The van der Waals surface area contributed by atoms with Gasteiger partial charge in [0.15, 0.2) is 12.3 Å². The van der Waals surface area contributed by atoms with Crippen molar-refractivity contribution in [3.63, 3.8) is 0 Å². The van der Waals surface area contributed by atoms with Crippen LogP contribution in [0.2, 0.25) is 5.02 Å². The number of carbonyl (C=O) groups excluding carboxylic acids is 1. The molecule has 124 valence electrons. The van der Waals surface area contributed by atoms with Gasteiger partial charge in [0.25, 0.3) is 5.91 Å². The summed E-state index contributed by atoms with van der Waals surface area (Å²) in [6.45, 7) is 1.92. The van der Waals surface area contributed by atoms with Gasteiger partial charge in [-0.25, -0.2) is 9.37 Å². The molecule has 0 fully saturated rings. The van der Waals surface area contributed by atoms with E-state index < -0.39 is 17.8 Å².